The second-order valence-corrected chi connectivity index (χ2v) is 8.38. The first-order valence-corrected chi connectivity index (χ1v) is 10.5. The van der Waals surface area contributed by atoms with E-state index in [4.69, 9.17) is 0 Å². The number of imidazole rings is 1. The van der Waals surface area contributed by atoms with Gasteiger partial charge in [-0.1, -0.05) is 0 Å². The lowest BCUT2D eigenvalue weighted by atomic mass is 10.1. The van der Waals surface area contributed by atoms with E-state index in [0.29, 0.717) is 0 Å². The number of hydrogen-bond donors (Lipinski definition) is 2. The van der Waals surface area contributed by atoms with Crippen LogP contribution in [0, 0.1) is 12.1 Å². The molecule has 0 aliphatic carbocycles. The van der Waals surface area contributed by atoms with Crippen molar-refractivity contribution in [2.24, 2.45) is 7.05 Å². The average molecular weight is 429 g/mol. The summed E-state index contributed by atoms with van der Waals surface area (Å²) in [6, 6.07) is 9.16. The summed E-state index contributed by atoms with van der Waals surface area (Å²) in [5.74, 6) is 0.921. The summed E-state index contributed by atoms with van der Waals surface area (Å²) in [5, 5.41) is 9.24. The van der Waals surface area contributed by atoms with Gasteiger partial charge in [0, 0.05) is 29.5 Å². The molecule has 0 amide bonds. The Hall–Kier alpha value is -3.85. The molecule has 6 rings (SSSR count). The van der Waals surface area contributed by atoms with Crippen molar-refractivity contribution in [2.45, 2.75) is 6.92 Å². The van der Waals surface area contributed by atoms with Gasteiger partial charge in [-0.05, 0) is 37.3 Å². The lowest BCUT2D eigenvalue weighted by molar-refractivity contribution is 0.657. The Morgan fingerprint density at radius 1 is 0.968 bits per heavy atom. The third kappa shape index (κ3) is 2.77. The molecule has 0 radical (unpaired) electrons. The Morgan fingerprint density at radius 2 is 1.84 bits per heavy atom. The van der Waals surface area contributed by atoms with Gasteiger partial charge in [-0.25, -0.2) is 4.98 Å². The van der Waals surface area contributed by atoms with Crippen molar-refractivity contribution in [3.8, 4) is 33.3 Å². The first-order chi connectivity index (χ1) is 15.1. The van der Waals surface area contributed by atoms with Gasteiger partial charge in [-0.15, -0.1) is 11.3 Å². The SMILES string of the molecule is Cc1ncc(-c2cc3c(-c4cc5c(-c6ccc(F)s6)nccc5[nH]4)n[nH]c3cn2)n1C. The highest BCUT2D eigenvalue weighted by Crippen LogP contribution is 2.35. The highest BCUT2D eigenvalue weighted by atomic mass is 32.1. The van der Waals surface area contributed by atoms with E-state index >= 15 is 0 Å². The summed E-state index contributed by atoms with van der Waals surface area (Å²) in [6.07, 6.45) is 5.34. The first kappa shape index (κ1) is 18.0. The van der Waals surface area contributed by atoms with Crippen molar-refractivity contribution in [1.29, 1.82) is 0 Å². The maximum absolute atomic E-state index is 13.6. The maximum Gasteiger partial charge on any atom is 0.177 e. The van der Waals surface area contributed by atoms with Gasteiger partial charge in [0.2, 0.25) is 0 Å². The Kier molecular flexibility index (Phi) is 3.81. The lowest BCUT2D eigenvalue weighted by Gasteiger charge is -2.03. The van der Waals surface area contributed by atoms with E-state index in [9.17, 15) is 4.39 Å². The number of nitrogens with zero attached hydrogens (tertiary/aromatic N) is 5. The number of nitrogens with one attached hydrogen (secondary N) is 2. The lowest BCUT2D eigenvalue weighted by Crippen LogP contribution is -1.95. The van der Waals surface area contributed by atoms with Crippen molar-refractivity contribution in [2.75, 3.05) is 0 Å². The van der Waals surface area contributed by atoms with Gasteiger partial charge in [0.05, 0.1) is 45.6 Å². The van der Waals surface area contributed by atoms with Crippen molar-refractivity contribution >= 4 is 33.1 Å². The van der Waals surface area contributed by atoms with Gasteiger partial charge in [0.1, 0.15) is 11.5 Å². The molecular weight excluding hydrogens is 413 g/mol. The van der Waals surface area contributed by atoms with Crippen LogP contribution in [0.2, 0.25) is 0 Å². The molecule has 0 aliphatic rings. The average Bonchev–Trinajstić information content (AvgIpc) is 3.54. The molecule has 152 valence electrons. The molecule has 0 saturated carbocycles. The summed E-state index contributed by atoms with van der Waals surface area (Å²) < 4.78 is 15.6. The number of H-pyrrole nitrogens is 2. The second-order valence-electron chi connectivity index (χ2n) is 7.34. The zero-order valence-electron chi connectivity index (χ0n) is 16.6. The molecule has 6 heterocycles. The fourth-order valence-corrected chi connectivity index (χ4v) is 4.56. The normalized spacial score (nSPS) is 11.7. The topological polar surface area (TPSA) is 88.1 Å². The number of aryl methyl sites for hydroxylation is 1. The Bertz CT molecular complexity index is 1590. The van der Waals surface area contributed by atoms with E-state index < -0.39 is 0 Å². The molecule has 31 heavy (non-hydrogen) atoms. The van der Waals surface area contributed by atoms with Crippen LogP contribution in [0.4, 0.5) is 4.39 Å². The molecule has 0 aliphatic heterocycles. The third-order valence-corrected chi connectivity index (χ3v) is 6.42. The fourth-order valence-electron chi connectivity index (χ4n) is 3.82. The monoisotopic (exact) mass is 429 g/mol. The first-order valence-electron chi connectivity index (χ1n) is 9.65. The molecule has 0 saturated heterocycles. The van der Waals surface area contributed by atoms with E-state index in [1.807, 2.05) is 42.9 Å². The molecule has 0 aromatic carbocycles. The fraction of sp³-hybridized carbons (Fsp3) is 0.0909. The number of hydrogen-bond acceptors (Lipinski definition) is 5. The summed E-state index contributed by atoms with van der Waals surface area (Å²) in [6.45, 7) is 1.96. The summed E-state index contributed by atoms with van der Waals surface area (Å²) >= 11 is 1.09. The Balaban J connectivity index is 1.52. The highest BCUT2D eigenvalue weighted by Gasteiger charge is 2.17. The number of aromatic amines is 2. The number of thiophene rings is 1. The van der Waals surface area contributed by atoms with Crippen LogP contribution in [0.1, 0.15) is 5.82 Å². The predicted octanol–water partition coefficient (Wildman–Crippen LogP) is 5.08. The van der Waals surface area contributed by atoms with E-state index in [-0.39, 0.29) is 5.13 Å². The van der Waals surface area contributed by atoms with Crippen LogP contribution in [-0.4, -0.2) is 34.7 Å². The van der Waals surface area contributed by atoms with Crippen LogP contribution in [-0.2, 0) is 7.05 Å². The van der Waals surface area contributed by atoms with Gasteiger partial charge in [0.15, 0.2) is 5.13 Å². The van der Waals surface area contributed by atoms with Gasteiger partial charge in [-0.2, -0.15) is 9.49 Å². The Labute approximate surface area is 179 Å². The number of aromatic nitrogens is 7. The van der Waals surface area contributed by atoms with Crippen molar-refractivity contribution in [3.05, 3.63) is 59.9 Å². The molecule has 0 unspecified atom stereocenters. The van der Waals surface area contributed by atoms with Crippen molar-refractivity contribution < 1.29 is 4.39 Å². The minimum atomic E-state index is -0.228. The molecule has 0 spiro atoms. The number of pyridine rings is 2. The summed E-state index contributed by atoms with van der Waals surface area (Å²) in [7, 11) is 1.97. The largest absolute Gasteiger partial charge is 0.353 e. The third-order valence-electron chi connectivity index (χ3n) is 5.54. The molecule has 6 aromatic rings. The van der Waals surface area contributed by atoms with E-state index in [1.54, 1.807) is 18.5 Å². The van der Waals surface area contributed by atoms with Crippen LogP contribution in [0.3, 0.4) is 0 Å². The molecule has 0 bridgehead atoms. The minimum absolute atomic E-state index is 0.228. The number of halogens is 1. The number of rotatable bonds is 3. The van der Waals surface area contributed by atoms with E-state index in [1.165, 1.54) is 6.07 Å². The van der Waals surface area contributed by atoms with Crippen molar-refractivity contribution in [3.63, 3.8) is 0 Å². The molecular formula is C22H16FN7S. The van der Waals surface area contributed by atoms with Gasteiger partial charge >= 0.3 is 0 Å². The van der Waals surface area contributed by atoms with Gasteiger partial charge in [0.25, 0.3) is 0 Å². The highest BCUT2D eigenvalue weighted by molar-refractivity contribution is 7.13. The Morgan fingerprint density at radius 3 is 2.61 bits per heavy atom. The van der Waals surface area contributed by atoms with Crippen LogP contribution in [0.5, 0.6) is 0 Å². The van der Waals surface area contributed by atoms with E-state index in [0.717, 1.165) is 72.3 Å². The van der Waals surface area contributed by atoms with E-state index in [2.05, 4.69) is 30.1 Å². The zero-order chi connectivity index (χ0) is 21.1. The predicted molar refractivity (Wildman–Crippen MR) is 119 cm³/mol. The van der Waals surface area contributed by atoms with Gasteiger partial charge < -0.3 is 9.55 Å². The van der Waals surface area contributed by atoms with Crippen molar-refractivity contribution in [1.82, 2.24) is 34.7 Å². The standard InChI is InChI=1S/C22H16FN7S/c1-11-25-10-18(30(11)2)15-7-13-17(9-26-15)28-29-21(13)16-8-12-14(27-16)5-6-24-22(12)19-3-4-20(23)31-19/h3-10,27H,1-2H3,(H,28,29). The molecule has 0 atom stereocenters. The van der Waals surface area contributed by atoms with Crippen LogP contribution in [0.25, 0.3) is 55.2 Å². The summed E-state index contributed by atoms with van der Waals surface area (Å²) in [4.78, 5) is 17.7. The van der Waals surface area contributed by atoms with Gasteiger partial charge in [-0.3, -0.25) is 15.1 Å². The minimum Gasteiger partial charge on any atom is -0.353 e. The molecule has 2 N–H and O–H groups in total. The quantitative estimate of drug-likeness (QED) is 0.411. The molecule has 6 aromatic heterocycles. The summed E-state index contributed by atoms with van der Waals surface area (Å²) in [5.41, 5.74) is 5.92. The number of fused-ring (bicyclic) bond motifs is 2. The molecule has 7 nitrogen and oxygen atoms in total. The van der Waals surface area contributed by atoms with Crippen LogP contribution >= 0.6 is 11.3 Å². The molecule has 0 fully saturated rings. The zero-order valence-corrected chi connectivity index (χ0v) is 17.5. The van der Waals surface area contributed by atoms with Crippen LogP contribution in [0.15, 0.2) is 48.9 Å². The van der Waals surface area contributed by atoms with Crippen LogP contribution < -0.4 is 0 Å². The second kappa shape index (κ2) is 6.58. The molecule has 9 heteroatoms. The maximum atomic E-state index is 13.6. The smallest absolute Gasteiger partial charge is 0.177 e.